The molecule has 342 valence electrons. The fraction of sp³-hybridized carbons (Fsp3) is 0.138. The van der Waals surface area contributed by atoms with Crippen LogP contribution in [0.3, 0.4) is 0 Å². The molecule has 10 heteroatoms. The highest BCUT2D eigenvalue weighted by Crippen LogP contribution is 2.35. The van der Waals surface area contributed by atoms with Crippen LogP contribution >= 0.6 is 23.5 Å². The maximum atomic E-state index is 11.2. The molecule has 0 saturated carbocycles. The Morgan fingerprint density at radius 2 is 0.588 bits per heavy atom. The summed E-state index contributed by atoms with van der Waals surface area (Å²) >= 11 is 3.42. The molecule has 2 N–H and O–H groups in total. The van der Waals surface area contributed by atoms with Crippen molar-refractivity contribution in [2.75, 3.05) is 55.9 Å². The molecule has 0 amide bonds. The minimum absolute atomic E-state index is 0.354. The van der Waals surface area contributed by atoms with Crippen LogP contribution in [0.15, 0.2) is 241 Å². The third kappa shape index (κ3) is 13.7. The Balaban J connectivity index is 0.815. The van der Waals surface area contributed by atoms with Crippen LogP contribution in [0.4, 0.5) is 45.5 Å². The fourth-order valence-electron chi connectivity index (χ4n) is 7.59. The summed E-state index contributed by atoms with van der Waals surface area (Å²) in [6.07, 6.45) is 2.51. The molecule has 8 nitrogen and oxygen atoms in total. The van der Waals surface area contributed by atoms with E-state index < -0.39 is 12.2 Å². The zero-order valence-corrected chi connectivity index (χ0v) is 39.5. The first kappa shape index (κ1) is 47.4. The molecule has 0 aliphatic rings. The van der Waals surface area contributed by atoms with E-state index in [2.05, 4.69) is 155 Å². The zero-order valence-electron chi connectivity index (χ0n) is 37.9. The minimum Gasteiger partial charge on any atom is -0.390 e. The van der Waals surface area contributed by atoms with Crippen molar-refractivity contribution in [3.63, 3.8) is 0 Å². The molecule has 0 fully saturated rings. The molecule has 0 saturated heterocycles. The van der Waals surface area contributed by atoms with Crippen LogP contribution in [-0.2, 0) is 0 Å². The SMILES string of the molecule is OC(CSCCSCC(O)CN(/N=C/c1ccc(N(c2ccccc2)c2ccccc2)cc1)c1ccccc1)CN(/N=C/c1ccc(N(c2ccccc2)c2ccccc2)cc1)c1ccccc1. The van der Waals surface area contributed by atoms with Gasteiger partial charge in [-0.05, 0) is 108 Å². The van der Waals surface area contributed by atoms with Crippen molar-refractivity contribution in [1.29, 1.82) is 0 Å². The third-order valence-corrected chi connectivity index (χ3v) is 13.4. The highest BCUT2D eigenvalue weighted by molar-refractivity contribution is 8.02. The number of hydrogen-bond acceptors (Lipinski definition) is 10. The van der Waals surface area contributed by atoms with Crippen LogP contribution in [0.2, 0.25) is 0 Å². The van der Waals surface area contributed by atoms with Crippen molar-refractivity contribution in [3.8, 4) is 0 Å². The number of thioether (sulfide) groups is 2. The summed E-state index contributed by atoms with van der Waals surface area (Å²) in [5.41, 5.74) is 10.2. The molecular weight excluding hydrogens is 877 g/mol. The molecule has 0 bridgehead atoms. The van der Waals surface area contributed by atoms with E-state index >= 15 is 0 Å². The van der Waals surface area contributed by atoms with Crippen molar-refractivity contribution >= 4 is 81.5 Å². The topological polar surface area (TPSA) is 78.1 Å². The number of aliphatic hydroxyl groups excluding tert-OH is 2. The molecule has 8 aromatic carbocycles. The second-order valence-electron chi connectivity index (χ2n) is 16.0. The van der Waals surface area contributed by atoms with E-state index in [9.17, 15) is 10.2 Å². The molecule has 0 heterocycles. The predicted molar refractivity (Wildman–Crippen MR) is 292 cm³/mol. The third-order valence-electron chi connectivity index (χ3n) is 10.9. The zero-order chi connectivity index (χ0) is 46.6. The number of hydrazone groups is 2. The highest BCUT2D eigenvalue weighted by atomic mass is 32.2. The molecular formula is C58H56N6O2S2. The van der Waals surface area contributed by atoms with E-state index in [-0.39, 0.29) is 0 Å². The van der Waals surface area contributed by atoms with Crippen LogP contribution in [-0.4, -0.2) is 71.0 Å². The summed E-state index contributed by atoms with van der Waals surface area (Å²) in [5, 5.41) is 35.8. The highest BCUT2D eigenvalue weighted by Gasteiger charge is 2.16. The monoisotopic (exact) mass is 932 g/mol. The molecule has 0 aliphatic heterocycles. The predicted octanol–water partition coefficient (Wildman–Crippen LogP) is 13.2. The Kier molecular flexibility index (Phi) is 17.5. The van der Waals surface area contributed by atoms with E-state index in [0.29, 0.717) is 24.6 Å². The average molecular weight is 933 g/mol. The van der Waals surface area contributed by atoms with Gasteiger partial charge in [0.15, 0.2) is 0 Å². The fourth-order valence-corrected chi connectivity index (χ4v) is 9.63. The molecule has 2 atom stereocenters. The molecule has 2 unspecified atom stereocenters. The molecule has 68 heavy (non-hydrogen) atoms. The number of anilines is 8. The van der Waals surface area contributed by atoms with Gasteiger partial charge in [-0.2, -0.15) is 33.7 Å². The number of nitrogens with zero attached hydrogens (tertiary/aromatic N) is 6. The normalized spacial score (nSPS) is 12.2. The van der Waals surface area contributed by atoms with Gasteiger partial charge in [0.05, 0.1) is 49.1 Å². The summed E-state index contributed by atoms with van der Waals surface area (Å²) in [4.78, 5) is 4.46. The summed E-state index contributed by atoms with van der Waals surface area (Å²) in [6.45, 7) is 0.708. The second kappa shape index (κ2) is 25.2. The van der Waals surface area contributed by atoms with E-state index in [1.54, 1.807) is 23.5 Å². The van der Waals surface area contributed by atoms with E-state index in [1.807, 2.05) is 107 Å². The number of hydrogen-bond donors (Lipinski definition) is 2. The van der Waals surface area contributed by atoms with Gasteiger partial charge in [0.2, 0.25) is 0 Å². The lowest BCUT2D eigenvalue weighted by Crippen LogP contribution is -2.30. The standard InChI is InChI=1S/C58H56N6O2S2/c65-57(43-61(49-19-7-1-8-20-49)59-41-47-31-35-55(36-32-47)63(51-23-11-3-12-24-51)52-25-13-4-14-26-52)45-67-39-40-68-46-58(66)44-62(50-21-9-2-10-22-50)60-42-48-33-37-56(38-34-48)64(53-27-15-5-16-28-53)54-29-17-6-18-30-54/h1-38,41-42,57-58,65-66H,39-40,43-46H2/b59-41+,60-42+. The largest absolute Gasteiger partial charge is 0.390 e. The smallest absolute Gasteiger partial charge is 0.0826 e. The van der Waals surface area contributed by atoms with Crippen molar-refractivity contribution in [3.05, 3.63) is 242 Å². The molecule has 0 aliphatic carbocycles. The Hall–Kier alpha value is -7.08. The Bertz CT molecular complexity index is 2450. The van der Waals surface area contributed by atoms with Crippen LogP contribution in [0.25, 0.3) is 0 Å². The first-order valence-corrected chi connectivity index (χ1v) is 25.1. The Morgan fingerprint density at radius 3 is 0.868 bits per heavy atom. The van der Waals surface area contributed by atoms with Gasteiger partial charge in [-0.25, -0.2) is 0 Å². The minimum atomic E-state index is -0.596. The van der Waals surface area contributed by atoms with Crippen LogP contribution in [0.5, 0.6) is 0 Å². The first-order valence-electron chi connectivity index (χ1n) is 22.8. The van der Waals surface area contributed by atoms with Crippen LogP contribution in [0, 0.1) is 0 Å². The Morgan fingerprint density at radius 1 is 0.338 bits per heavy atom. The quantitative estimate of drug-likeness (QED) is 0.0373. The van der Waals surface area contributed by atoms with Crippen molar-refractivity contribution < 1.29 is 10.2 Å². The van der Waals surface area contributed by atoms with Crippen molar-refractivity contribution in [1.82, 2.24) is 0 Å². The Labute approximate surface area is 409 Å². The van der Waals surface area contributed by atoms with E-state index in [1.165, 1.54) is 0 Å². The number of benzene rings is 8. The summed E-state index contributed by atoms with van der Waals surface area (Å²) in [7, 11) is 0. The summed E-state index contributed by atoms with van der Waals surface area (Å²) < 4.78 is 0. The van der Waals surface area contributed by atoms with Crippen molar-refractivity contribution in [2.45, 2.75) is 12.2 Å². The average Bonchev–Trinajstić information content (AvgIpc) is 3.40. The van der Waals surface area contributed by atoms with Gasteiger partial charge in [0.1, 0.15) is 0 Å². The van der Waals surface area contributed by atoms with Gasteiger partial charge < -0.3 is 20.0 Å². The molecule has 0 radical (unpaired) electrons. The van der Waals surface area contributed by atoms with E-state index in [0.717, 1.165) is 68.1 Å². The lowest BCUT2D eigenvalue weighted by Gasteiger charge is -2.25. The molecule has 8 aromatic rings. The maximum absolute atomic E-state index is 11.2. The summed E-state index contributed by atoms with van der Waals surface area (Å²) in [5.74, 6) is 2.83. The van der Waals surface area contributed by atoms with Gasteiger partial charge in [0.25, 0.3) is 0 Å². The van der Waals surface area contributed by atoms with Crippen LogP contribution < -0.4 is 19.8 Å². The molecule has 0 spiro atoms. The van der Waals surface area contributed by atoms with Gasteiger partial charge in [-0.3, -0.25) is 10.0 Å². The number of aliphatic hydroxyl groups is 2. The van der Waals surface area contributed by atoms with Crippen molar-refractivity contribution in [2.24, 2.45) is 10.2 Å². The first-order chi connectivity index (χ1) is 33.6. The van der Waals surface area contributed by atoms with Gasteiger partial charge in [-0.15, -0.1) is 0 Å². The van der Waals surface area contributed by atoms with E-state index in [4.69, 9.17) is 10.2 Å². The van der Waals surface area contributed by atoms with Crippen LogP contribution in [0.1, 0.15) is 11.1 Å². The lowest BCUT2D eigenvalue weighted by molar-refractivity contribution is 0.204. The molecule has 0 aromatic heterocycles. The second-order valence-corrected chi connectivity index (χ2v) is 18.3. The molecule has 8 rings (SSSR count). The van der Waals surface area contributed by atoms with Gasteiger partial charge in [-0.1, -0.05) is 133 Å². The maximum Gasteiger partial charge on any atom is 0.0826 e. The summed E-state index contributed by atoms with van der Waals surface area (Å²) in [6, 6.07) is 78.1. The van der Waals surface area contributed by atoms with Gasteiger partial charge in [0, 0.05) is 57.1 Å². The number of para-hydroxylation sites is 6. The lowest BCUT2D eigenvalue weighted by atomic mass is 10.1. The van der Waals surface area contributed by atoms with Gasteiger partial charge >= 0.3 is 0 Å². The number of rotatable bonds is 23.